The summed E-state index contributed by atoms with van der Waals surface area (Å²) in [6, 6.07) is 12.1. The molecular weight excluding hydrogens is 309 g/mol. The molecule has 0 aliphatic rings. The van der Waals surface area contributed by atoms with Crippen molar-refractivity contribution in [3.8, 4) is 5.75 Å². The maximum absolute atomic E-state index is 12.8. The van der Waals surface area contributed by atoms with E-state index in [0.29, 0.717) is 16.3 Å². The van der Waals surface area contributed by atoms with Crippen LogP contribution in [0.15, 0.2) is 48.5 Å². The van der Waals surface area contributed by atoms with E-state index in [1.165, 1.54) is 24.3 Å². The van der Waals surface area contributed by atoms with Crippen LogP contribution in [0.2, 0.25) is 5.02 Å². The first-order chi connectivity index (χ1) is 10.5. The Bertz CT molecular complexity index is 616. The molecule has 0 saturated carbocycles. The predicted octanol–water partition coefficient (Wildman–Crippen LogP) is 2.71. The molecule has 0 spiro atoms. The fraction of sp³-hybridized carbons (Fsp3) is 0.188. The zero-order valence-corrected chi connectivity index (χ0v) is 12.4. The van der Waals surface area contributed by atoms with Gasteiger partial charge in [0.2, 0.25) is 0 Å². The zero-order chi connectivity index (χ0) is 15.9. The lowest BCUT2D eigenvalue weighted by atomic mass is 10.1. The molecule has 0 fully saturated rings. The van der Waals surface area contributed by atoms with Gasteiger partial charge in [-0.05, 0) is 42.0 Å². The van der Waals surface area contributed by atoms with E-state index in [2.05, 4.69) is 5.32 Å². The van der Waals surface area contributed by atoms with Crippen molar-refractivity contribution >= 4 is 17.5 Å². The second-order valence-electron chi connectivity index (χ2n) is 4.61. The van der Waals surface area contributed by atoms with Gasteiger partial charge in [0, 0.05) is 11.6 Å². The number of hydrogen-bond acceptors (Lipinski definition) is 3. The number of nitrogens with one attached hydrogen (secondary N) is 1. The third-order valence-electron chi connectivity index (χ3n) is 2.93. The van der Waals surface area contributed by atoms with Crippen LogP contribution in [0.4, 0.5) is 4.39 Å². The van der Waals surface area contributed by atoms with Crippen LogP contribution in [0.3, 0.4) is 0 Å². The van der Waals surface area contributed by atoms with Gasteiger partial charge in [-0.2, -0.15) is 0 Å². The van der Waals surface area contributed by atoms with Gasteiger partial charge >= 0.3 is 0 Å². The van der Waals surface area contributed by atoms with Crippen LogP contribution in [-0.2, 0) is 4.79 Å². The summed E-state index contributed by atoms with van der Waals surface area (Å²) < 4.78 is 18.0. The summed E-state index contributed by atoms with van der Waals surface area (Å²) in [6.45, 7) is -0.147. The van der Waals surface area contributed by atoms with Crippen LogP contribution < -0.4 is 10.1 Å². The lowest BCUT2D eigenvalue weighted by molar-refractivity contribution is -0.123. The molecule has 1 unspecified atom stereocenters. The maximum atomic E-state index is 12.8. The topological polar surface area (TPSA) is 58.6 Å². The van der Waals surface area contributed by atoms with Crippen LogP contribution in [0.5, 0.6) is 5.75 Å². The standard InChI is InChI=1S/C16H15ClFNO3/c17-12-3-7-14(8-4-12)22-10-16(21)19-9-15(20)11-1-5-13(18)6-2-11/h1-8,15,20H,9-10H2,(H,19,21). The summed E-state index contributed by atoms with van der Waals surface area (Å²) in [6.07, 6.45) is -0.903. The Morgan fingerprint density at radius 1 is 1.18 bits per heavy atom. The molecule has 0 aromatic heterocycles. The molecule has 2 aromatic carbocycles. The minimum Gasteiger partial charge on any atom is -0.484 e. The zero-order valence-electron chi connectivity index (χ0n) is 11.6. The van der Waals surface area contributed by atoms with Crippen LogP contribution >= 0.6 is 11.6 Å². The Hall–Kier alpha value is -2.11. The summed E-state index contributed by atoms with van der Waals surface area (Å²) in [4.78, 5) is 11.6. The highest BCUT2D eigenvalue weighted by Gasteiger charge is 2.10. The van der Waals surface area contributed by atoms with Gasteiger partial charge in [-0.1, -0.05) is 23.7 Å². The molecule has 0 aliphatic heterocycles. The number of hydrogen-bond donors (Lipinski definition) is 2. The molecule has 0 saturated heterocycles. The first-order valence-electron chi connectivity index (χ1n) is 6.63. The normalized spacial score (nSPS) is 11.8. The van der Waals surface area contributed by atoms with Crippen molar-refractivity contribution in [3.05, 3.63) is 64.9 Å². The van der Waals surface area contributed by atoms with E-state index in [1.807, 2.05) is 0 Å². The van der Waals surface area contributed by atoms with E-state index in [0.717, 1.165) is 0 Å². The molecule has 1 atom stereocenters. The molecule has 6 heteroatoms. The van der Waals surface area contributed by atoms with Crippen molar-refractivity contribution in [1.82, 2.24) is 5.32 Å². The minimum atomic E-state index is -0.903. The van der Waals surface area contributed by atoms with Gasteiger partial charge in [-0.15, -0.1) is 0 Å². The third-order valence-corrected chi connectivity index (χ3v) is 3.18. The molecule has 22 heavy (non-hydrogen) atoms. The first-order valence-corrected chi connectivity index (χ1v) is 7.01. The van der Waals surface area contributed by atoms with Crippen molar-refractivity contribution < 1.29 is 19.0 Å². The Morgan fingerprint density at radius 3 is 2.45 bits per heavy atom. The van der Waals surface area contributed by atoms with Crippen molar-refractivity contribution in [1.29, 1.82) is 0 Å². The van der Waals surface area contributed by atoms with Crippen molar-refractivity contribution in [3.63, 3.8) is 0 Å². The second kappa shape index (κ2) is 7.77. The van der Waals surface area contributed by atoms with E-state index >= 15 is 0 Å². The van der Waals surface area contributed by atoms with Crippen molar-refractivity contribution in [2.45, 2.75) is 6.10 Å². The molecule has 0 aliphatic carbocycles. The number of aliphatic hydroxyl groups is 1. The summed E-state index contributed by atoms with van der Waals surface area (Å²) in [5, 5.41) is 13.0. The average Bonchev–Trinajstić information content (AvgIpc) is 2.52. The highest BCUT2D eigenvalue weighted by Crippen LogP contribution is 2.15. The van der Waals surface area contributed by atoms with E-state index < -0.39 is 6.10 Å². The van der Waals surface area contributed by atoms with E-state index in [9.17, 15) is 14.3 Å². The lowest BCUT2D eigenvalue weighted by Gasteiger charge is -2.12. The number of halogens is 2. The molecule has 2 rings (SSSR count). The average molecular weight is 324 g/mol. The number of carbonyl (C=O) groups excluding carboxylic acids is 1. The molecule has 1 amide bonds. The molecule has 2 aromatic rings. The van der Waals surface area contributed by atoms with Gasteiger partial charge in [0.25, 0.3) is 5.91 Å². The van der Waals surface area contributed by atoms with Crippen LogP contribution in [-0.4, -0.2) is 24.2 Å². The van der Waals surface area contributed by atoms with Gasteiger partial charge in [-0.3, -0.25) is 4.79 Å². The molecule has 0 bridgehead atoms. The highest BCUT2D eigenvalue weighted by atomic mass is 35.5. The van der Waals surface area contributed by atoms with Crippen LogP contribution in [0, 0.1) is 5.82 Å². The van der Waals surface area contributed by atoms with Crippen molar-refractivity contribution in [2.75, 3.05) is 13.2 Å². The number of amides is 1. The molecule has 116 valence electrons. The molecule has 0 heterocycles. The summed E-state index contributed by atoms with van der Waals surface area (Å²) in [5.41, 5.74) is 0.528. The highest BCUT2D eigenvalue weighted by molar-refractivity contribution is 6.30. The van der Waals surface area contributed by atoms with Gasteiger partial charge in [0.15, 0.2) is 6.61 Å². The predicted molar refractivity (Wildman–Crippen MR) is 81.3 cm³/mol. The Balaban J connectivity index is 1.75. The number of rotatable bonds is 6. The van der Waals surface area contributed by atoms with E-state index in [-0.39, 0.29) is 24.9 Å². The fourth-order valence-corrected chi connectivity index (χ4v) is 1.87. The quantitative estimate of drug-likeness (QED) is 0.859. The Kier molecular flexibility index (Phi) is 5.75. The molecule has 2 N–H and O–H groups in total. The summed E-state index contributed by atoms with van der Waals surface area (Å²) >= 11 is 5.74. The van der Waals surface area contributed by atoms with Crippen LogP contribution in [0.25, 0.3) is 0 Å². The number of aliphatic hydroxyl groups excluding tert-OH is 1. The molecule has 0 radical (unpaired) electrons. The number of carbonyl (C=O) groups is 1. The fourth-order valence-electron chi connectivity index (χ4n) is 1.74. The van der Waals surface area contributed by atoms with Gasteiger partial charge in [0.1, 0.15) is 11.6 Å². The Morgan fingerprint density at radius 2 is 1.82 bits per heavy atom. The van der Waals surface area contributed by atoms with E-state index in [1.54, 1.807) is 24.3 Å². The Labute approximate surface area is 132 Å². The summed E-state index contributed by atoms with van der Waals surface area (Å²) in [5.74, 6) is -0.217. The largest absolute Gasteiger partial charge is 0.484 e. The molecule has 4 nitrogen and oxygen atoms in total. The third kappa shape index (κ3) is 5.02. The number of benzene rings is 2. The second-order valence-corrected chi connectivity index (χ2v) is 5.05. The SMILES string of the molecule is O=C(COc1ccc(Cl)cc1)NCC(O)c1ccc(F)cc1. The van der Waals surface area contributed by atoms with Crippen LogP contribution in [0.1, 0.15) is 11.7 Å². The van der Waals surface area contributed by atoms with E-state index in [4.69, 9.17) is 16.3 Å². The van der Waals surface area contributed by atoms with Crippen molar-refractivity contribution in [2.24, 2.45) is 0 Å². The smallest absolute Gasteiger partial charge is 0.258 e. The van der Waals surface area contributed by atoms with Gasteiger partial charge in [-0.25, -0.2) is 4.39 Å². The van der Waals surface area contributed by atoms with Gasteiger partial charge in [0.05, 0.1) is 6.10 Å². The van der Waals surface area contributed by atoms with Gasteiger partial charge < -0.3 is 15.2 Å². The monoisotopic (exact) mass is 323 g/mol. The maximum Gasteiger partial charge on any atom is 0.258 e. The lowest BCUT2D eigenvalue weighted by Crippen LogP contribution is -2.32. The summed E-state index contributed by atoms with van der Waals surface area (Å²) in [7, 11) is 0. The number of ether oxygens (including phenoxy) is 1. The molecular formula is C16H15ClFNO3. The first kappa shape index (κ1) is 16.3. The minimum absolute atomic E-state index is 0.0223.